The summed E-state index contributed by atoms with van der Waals surface area (Å²) in [7, 11) is 4.80. The lowest BCUT2D eigenvalue weighted by Gasteiger charge is -2.16. The molecular formula is C15H25ClN2O4. The zero-order valence-electron chi connectivity index (χ0n) is 13.2. The summed E-state index contributed by atoms with van der Waals surface area (Å²) < 4.78 is 16.0. The first kappa shape index (κ1) is 18.8. The molecule has 1 heterocycles. The van der Waals surface area contributed by atoms with Crippen LogP contribution in [0.15, 0.2) is 12.1 Å². The molecule has 1 fully saturated rings. The highest BCUT2D eigenvalue weighted by atomic mass is 35.5. The Hall–Kier alpha value is -1.21. The molecular weight excluding hydrogens is 308 g/mol. The number of ether oxygens (including phenoxy) is 3. The number of rotatable bonds is 7. The molecule has 2 atom stereocenters. The van der Waals surface area contributed by atoms with E-state index in [1.165, 1.54) is 0 Å². The summed E-state index contributed by atoms with van der Waals surface area (Å²) in [4.78, 5) is 0. The fraction of sp³-hybridized carbons (Fsp3) is 0.600. The normalized spacial score (nSPS) is 20.4. The van der Waals surface area contributed by atoms with E-state index in [4.69, 9.17) is 14.2 Å². The number of hydrogen-bond acceptors (Lipinski definition) is 6. The second kappa shape index (κ2) is 9.05. The second-order valence-electron chi connectivity index (χ2n) is 5.15. The molecule has 1 aliphatic rings. The molecule has 126 valence electrons. The quantitative estimate of drug-likeness (QED) is 0.686. The maximum absolute atomic E-state index is 9.76. The van der Waals surface area contributed by atoms with Crippen LogP contribution in [-0.4, -0.2) is 52.2 Å². The van der Waals surface area contributed by atoms with Gasteiger partial charge in [0.25, 0.3) is 0 Å². The van der Waals surface area contributed by atoms with E-state index < -0.39 is 0 Å². The maximum atomic E-state index is 9.76. The predicted octanol–water partition coefficient (Wildman–Crippen LogP) is 0.804. The minimum Gasteiger partial charge on any atom is -0.493 e. The summed E-state index contributed by atoms with van der Waals surface area (Å²) in [6.45, 7) is 2.98. The number of methoxy groups -OCH3 is 3. The van der Waals surface area contributed by atoms with Gasteiger partial charge >= 0.3 is 0 Å². The van der Waals surface area contributed by atoms with Crippen LogP contribution in [0.2, 0.25) is 0 Å². The molecule has 0 aromatic heterocycles. The number of nitrogens with one attached hydrogen (secondary N) is 2. The number of aliphatic hydroxyl groups is 1. The van der Waals surface area contributed by atoms with E-state index in [0.717, 1.165) is 18.7 Å². The van der Waals surface area contributed by atoms with E-state index in [-0.39, 0.29) is 24.4 Å². The number of benzene rings is 1. The van der Waals surface area contributed by atoms with Gasteiger partial charge in [-0.3, -0.25) is 0 Å². The Morgan fingerprint density at radius 1 is 1.14 bits per heavy atom. The molecule has 0 bridgehead atoms. The molecule has 0 amide bonds. The third-order valence-corrected chi connectivity index (χ3v) is 3.76. The molecule has 7 heteroatoms. The summed E-state index contributed by atoms with van der Waals surface area (Å²) in [5.41, 5.74) is 1.05. The van der Waals surface area contributed by atoms with Gasteiger partial charge in [-0.1, -0.05) is 0 Å². The molecule has 0 aliphatic carbocycles. The number of aliphatic hydroxyl groups excluding tert-OH is 1. The average Bonchev–Trinajstić information content (AvgIpc) is 2.91. The summed E-state index contributed by atoms with van der Waals surface area (Å²) in [6, 6.07) is 3.86. The van der Waals surface area contributed by atoms with Crippen molar-refractivity contribution in [3.8, 4) is 17.2 Å². The lowest BCUT2D eigenvalue weighted by molar-refractivity contribution is 0.146. The highest BCUT2D eigenvalue weighted by Gasteiger charge is 2.24. The van der Waals surface area contributed by atoms with Gasteiger partial charge < -0.3 is 30.0 Å². The first-order valence-electron chi connectivity index (χ1n) is 7.08. The van der Waals surface area contributed by atoms with Crippen LogP contribution >= 0.6 is 12.4 Å². The average molecular weight is 333 g/mol. The van der Waals surface area contributed by atoms with Crippen molar-refractivity contribution in [2.24, 2.45) is 5.92 Å². The molecule has 6 nitrogen and oxygen atoms in total. The van der Waals surface area contributed by atoms with Crippen molar-refractivity contribution in [1.29, 1.82) is 0 Å². The van der Waals surface area contributed by atoms with Crippen molar-refractivity contribution in [3.63, 3.8) is 0 Å². The second-order valence-corrected chi connectivity index (χ2v) is 5.15. The third-order valence-electron chi connectivity index (χ3n) is 3.76. The Kier molecular flexibility index (Phi) is 7.75. The van der Waals surface area contributed by atoms with Crippen LogP contribution in [0.1, 0.15) is 5.56 Å². The van der Waals surface area contributed by atoms with Crippen LogP contribution in [0.4, 0.5) is 0 Å². The van der Waals surface area contributed by atoms with Gasteiger partial charge in [-0.05, 0) is 17.7 Å². The fourth-order valence-electron chi connectivity index (χ4n) is 2.57. The van der Waals surface area contributed by atoms with Crippen molar-refractivity contribution in [3.05, 3.63) is 17.7 Å². The smallest absolute Gasteiger partial charge is 0.203 e. The molecule has 3 N–H and O–H groups in total. The minimum absolute atomic E-state index is 0. The van der Waals surface area contributed by atoms with Gasteiger partial charge in [-0.15, -0.1) is 12.4 Å². The highest BCUT2D eigenvalue weighted by Crippen LogP contribution is 2.38. The molecule has 1 saturated heterocycles. The summed E-state index contributed by atoms with van der Waals surface area (Å²) in [6.07, 6.45) is -0.266. The molecule has 0 spiro atoms. The number of β-amino-alcohol motifs (C(OH)–C–C–N with tert-alkyl or cyclic N) is 1. The van der Waals surface area contributed by atoms with Crippen molar-refractivity contribution < 1.29 is 19.3 Å². The lowest BCUT2D eigenvalue weighted by Crippen LogP contribution is -2.30. The molecule has 2 unspecified atom stereocenters. The Morgan fingerprint density at radius 3 is 2.23 bits per heavy atom. The highest BCUT2D eigenvalue weighted by molar-refractivity contribution is 5.85. The predicted molar refractivity (Wildman–Crippen MR) is 87.4 cm³/mol. The van der Waals surface area contributed by atoms with Gasteiger partial charge in [0.15, 0.2) is 11.5 Å². The van der Waals surface area contributed by atoms with Crippen LogP contribution in [0.25, 0.3) is 0 Å². The van der Waals surface area contributed by atoms with Crippen molar-refractivity contribution in [2.75, 3.05) is 41.0 Å². The van der Waals surface area contributed by atoms with Gasteiger partial charge in [-0.25, -0.2) is 0 Å². The Balaban J connectivity index is 0.00000242. The Bertz CT molecular complexity index is 448. The molecule has 1 aliphatic heterocycles. The maximum Gasteiger partial charge on any atom is 0.203 e. The molecule has 0 radical (unpaired) electrons. The van der Waals surface area contributed by atoms with Crippen molar-refractivity contribution in [1.82, 2.24) is 10.6 Å². The molecule has 1 aromatic carbocycles. The third kappa shape index (κ3) is 4.39. The van der Waals surface area contributed by atoms with Gasteiger partial charge in [0.05, 0.1) is 27.4 Å². The lowest BCUT2D eigenvalue weighted by atomic mass is 10.1. The summed E-state index contributed by atoms with van der Waals surface area (Å²) in [5.74, 6) is 2.15. The zero-order valence-corrected chi connectivity index (χ0v) is 14.0. The topological polar surface area (TPSA) is 72.0 Å². The van der Waals surface area contributed by atoms with Gasteiger partial charge in [0, 0.05) is 32.1 Å². The van der Waals surface area contributed by atoms with E-state index in [0.29, 0.717) is 30.3 Å². The van der Waals surface area contributed by atoms with Crippen molar-refractivity contribution >= 4 is 12.4 Å². The van der Waals surface area contributed by atoms with E-state index >= 15 is 0 Å². The zero-order chi connectivity index (χ0) is 15.2. The van der Waals surface area contributed by atoms with Gasteiger partial charge in [0.2, 0.25) is 5.75 Å². The van der Waals surface area contributed by atoms with Crippen LogP contribution in [0, 0.1) is 5.92 Å². The first-order valence-corrected chi connectivity index (χ1v) is 7.08. The van der Waals surface area contributed by atoms with E-state index in [1.54, 1.807) is 21.3 Å². The van der Waals surface area contributed by atoms with E-state index in [2.05, 4.69) is 10.6 Å². The number of hydrogen-bond donors (Lipinski definition) is 3. The fourth-order valence-corrected chi connectivity index (χ4v) is 2.57. The van der Waals surface area contributed by atoms with Crippen LogP contribution in [0.5, 0.6) is 17.2 Å². The minimum atomic E-state index is -0.266. The largest absolute Gasteiger partial charge is 0.493 e. The Labute approximate surface area is 137 Å². The molecule has 22 heavy (non-hydrogen) atoms. The Morgan fingerprint density at radius 2 is 1.77 bits per heavy atom. The monoisotopic (exact) mass is 332 g/mol. The first-order chi connectivity index (χ1) is 10.2. The van der Waals surface area contributed by atoms with E-state index in [9.17, 15) is 5.11 Å². The van der Waals surface area contributed by atoms with Crippen LogP contribution in [-0.2, 0) is 6.54 Å². The van der Waals surface area contributed by atoms with Crippen molar-refractivity contribution in [2.45, 2.75) is 12.6 Å². The molecule has 2 rings (SSSR count). The van der Waals surface area contributed by atoms with Crippen LogP contribution < -0.4 is 24.8 Å². The van der Waals surface area contributed by atoms with E-state index in [1.807, 2.05) is 12.1 Å². The van der Waals surface area contributed by atoms with Gasteiger partial charge in [0.1, 0.15) is 0 Å². The van der Waals surface area contributed by atoms with Gasteiger partial charge in [-0.2, -0.15) is 0 Å². The SMILES string of the molecule is COc1cc(CNCC2CNCC2O)cc(OC)c1OC.Cl. The number of halogens is 1. The van der Waals surface area contributed by atoms with Crippen LogP contribution in [0.3, 0.4) is 0 Å². The summed E-state index contributed by atoms with van der Waals surface area (Å²) >= 11 is 0. The summed E-state index contributed by atoms with van der Waals surface area (Å²) in [5, 5.41) is 16.3. The standard InChI is InChI=1S/C15H24N2O4.ClH/c1-19-13-4-10(5-14(20-2)15(13)21-3)6-16-7-11-8-17-9-12(11)18;/h4-5,11-12,16-18H,6-9H2,1-3H3;1H. The molecule has 0 saturated carbocycles. The molecule has 1 aromatic rings.